The number of carbonyl (C=O) groups excluding carboxylic acids is 1. The number of aromatic nitrogens is 1. The van der Waals surface area contributed by atoms with Crippen molar-refractivity contribution in [1.82, 2.24) is 9.88 Å². The molecule has 1 fully saturated rings. The van der Waals surface area contributed by atoms with Crippen molar-refractivity contribution in [1.29, 1.82) is 0 Å². The van der Waals surface area contributed by atoms with E-state index in [1.807, 2.05) is 52.7 Å². The van der Waals surface area contributed by atoms with Crippen molar-refractivity contribution in [2.24, 2.45) is 0 Å². The zero-order valence-corrected chi connectivity index (χ0v) is 18.1. The summed E-state index contributed by atoms with van der Waals surface area (Å²) < 4.78 is 16.1. The summed E-state index contributed by atoms with van der Waals surface area (Å²) in [5, 5.41) is 2.65. The highest BCUT2D eigenvalue weighted by atomic mass is 32.1. The second-order valence-electron chi connectivity index (χ2n) is 7.03. The van der Waals surface area contributed by atoms with Crippen LogP contribution in [0.1, 0.15) is 34.9 Å². The van der Waals surface area contributed by atoms with Crippen LogP contribution in [0.25, 0.3) is 10.6 Å². The summed E-state index contributed by atoms with van der Waals surface area (Å²) in [4.78, 5) is 19.8. The molecule has 30 heavy (non-hydrogen) atoms. The van der Waals surface area contributed by atoms with Crippen molar-refractivity contribution in [3.63, 3.8) is 0 Å². The first-order valence-corrected chi connectivity index (χ1v) is 10.7. The van der Waals surface area contributed by atoms with E-state index >= 15 is 0 Å². The summed E-state index contributed by atoms with van der Waals surface area (Å²) in [5.41, 5.74) is 2.40. The molecule has 6 nitrogen and oxygen atoms in total. The van der Waals surface area contributed by atoms with Crippen LogP contribution >= 0.6 is 11.3 Å². The maximum absolute atomic E-state index is 13.3. The van der Waals surface area contributed by atoms with Gasteiger partial charge in [-0.25, -0.2) is 4.98 Å². The first kappa shape index (κ1) is 20.2. The third kappa shape index (κ3) is 3.85. The lowest BCUT2D eigenvalue weighted by atomic mass is 10.0. The molecular formula is C23H24N2O4S. The minimum Gasteiger partial charge on any atom is -0.497 e. The SMILES string of the molecule is COc1ccc(-c2nc(C(=O)N3CCCC3c3cc(OC)ccc3OC)cs2)cc1. The molecule has 156 valence electrons. The highest BCUT2D eigenvalue weighted by Gasteiger charge is 2.33. The van der Waals surface area contributed by atoms with Gasteiger partial charge in [0.2, 0.25) is 0 Å². The monoisotopic (exact) mass is 424 g/mol. The average Bonchev–Trinajstić information content (AvgIpc) is 3.48. The molecule has 1 unspecified atom stereocenters. The van der Waals surface area contributed by atoms with Gasteiger partial charge in [0.25, 0.3) is 5.91 Å². The van der Waals surface area contributed by atoms with Crippen molar-refractivity contribution in [2.45, 2.75) is 18.9 Å². The number of carbonyl (C=O) groups is 1. The number of nitrogens with zero attached hydrogens (tertiary/aromatic N) is 2. The number of hydrogen-bond donors (Lipinski definition) is 0. The number of ether oxygens (including phenoxy) is 3. The topological polar surface area (TPSA) is 60.9 Å². The number of thiazole rings is 1. The molecular weight excluding hydrogens is 400 g/mol. The van der Waals surface area contributed by atoms with Gasteiger partial charge in [0, 0.05) is 23.1 Å². The Labute approximate surface area is 180 Å². The van der Waals surface area contributed by atoms with Crippen LogP contribution in [0.2, 0.25) is 0 Å². The van der Waals surface area contributed by atoms with Gasteiger partial charge in [-0.1, -0.05) is 0 Å². The molecule has 1 aromatic heterocycles. The fourth-order valence-corrected chi connectivity index (χ4v) is 4.62. The normalized spacial score (nSPS) is 15.8. The van der Waals surface area contributed by atoms with E-state index in [9.17, 15) is 4.79 Å². The highest BCUT2D eigenvalue weighted by Crippen LogP contribution is 2.40. The van der Waals surface area contributed by atoms with Gasteiger partial charge in [-0.15, -0.1) is 11.3 Å². The van der Waals surface area contributed by atoms with Gasteiger partial charge >= 0.3 is 0 Å². The Bertz CT molecular complexity index is 1030. The van der Waals surface area contributed by atoms with Crippen LogP contribution in [0.4, 0.5) is 0 Å². The van der Waals surface area contributed by atoms with Crippen LogP contribution in [-0.4, -0.2) is 43.7 Å². The Morgan fingerprint density at radius 2 is 1.77 bits per heavy atom. The molecule has 2 aromatic carbocycles. The number of amides is 1. The van der Waals surface area contributed by atoms with E-state index in [1.165, 1.54) is 11.3 Å². The minimum atomic E-state index is -0.0614. The predicted octanol–water partition coefficient (Wildman–Crippen LogP) is 4.81. The molecule has 0 spiro atoms. The van der Waals surface area contributed by atoms with E-state index < -0.39 is 0 Å². The lowest BCUT2D eigenvalue weighted by Gasteiger charge is -2.26. The molecule has 0 N–H and O–H groups in total. The van der Waals surface area contributed by atoms with Crippen molar-refractivity contribution in [2.75, 3.05) is 27.9 Å². The van der Waals surface area contributed by atoms with E-state index in [1.54, 1.807) is 21.3 Å². The lowest BCUT2D eigenvalue weighted by molar-refractivity contribution is 0.0729. The molecule has 2 heterocycles. The Kier molecular flexibility index (Phi) is 5.90. The number of methoxy groups -OCH3 is 3. The first-order valence-electron chi connectivity index (χ1n) is 9.77. The van der Waals surface area contributed by atoms with Gasteiger partial charge < -0.3 is 19.1 Å². The largest absolute Gasteiger partial charge is 0.497 e. The summed E-state index contributed by atoms with van der Waals surface area (Å²) in [6.07, 6.45) is 1.82. The summed E-state index contributed by atoms with van der Waals surface area (Å²) >= 11 is 1.47. The number of hydrogen-bond acceptors (Lipinski definition) is 6. The third-order valence-corrected chi connectivity index (χ3v) is 6.26. The first-order chi connectivity index (χ1) is 14.6. The van der Waals surface area contributed by atoms with Crippen molar-refractivity contribution in [3.8, 4) is 27.8 Å². The van der Waals surface area contributed by atoms with Crippen LogP contribution in [0.3, 0.4) is 0 Å². The maximum Gasteiger partial charge on any atom is 0.273 e. The van der Waals surface area contributed by atoms with E-state index in [4.69, 9.17) is 14.2 Å². The minimum absolute atomic E-state index is 0.0571. The molecule has 1 aliphatic heterocycles. The van der Waals surface area contributed by atoms with Crippen LogP contribution in [0.5, 0.6) is 17.2 Å². The molecule has 3 aromatic rings. The predicted molar refractivity (Wildman–Crippen MR) is 117 cm³/mol. The quantitative estimate of drug-likeness (QED) is 0.568. The van der Waals surface area contributed by atoms with Gasteiger partial charge in [0.15, 0.2) is 0 Å². The lowest BCUT2D eigenvalue weighted by Crippen LogP contribution is -2.31. The average molecular weight is 425 g/mol. The molecule has 0 bridgehead atoms. The van der Waals surface area contributed by atoms with E-state index in [0.29, 0.717) is 12.2 Å². The molecule has 0 radical (unpaired) electrons. The van der Waals surface area contributed by atoms with Gasteiger partial charge in [-0.3, -0.25) is 4.79 Å². The van der Waals surface area contributed by atoms with Crippen LogP contribution in [0.15, 0.2) is 47.8 Å². The number of likely N-dealkylation sites (tertiary alicyclic amines) is 1. The summed E-state index contributed by atoms with van der Waals surface area (Å²) in [7, 11) is 4.92. The van der Waals surface area contributed by atoms with Crippen molar-refractivity contribution < 1.29 is 19.0 Å². The Hall–Kier alpha value is -3.06. The molecule has 1 saturated heterocycles. The molecule has 1 atom stereocenters. The standard InChI is InChI=1S/C23H24N2O4S/c1-27-16-8-6-15(7-9-16)22-24-19(14-30-22)23(26)25-12-4-5-20(25)18-13-17(28-2)10-11-21(18)29-3/h6-11,13-14,20H,4-5,12H2,1-3H3. The van der Waals surface area contributed by atoms with Gasteiger partial charge in [-0.2, -0.15) is 0 Å². The van der Waals surface area contributed by atoms with Crippen molar-refractivity contribution >= 4 is 17.2 Å². The zero-order valence-electron chi connectivity index (χ0n) is 17.3. The maximum atomic E-state index is 13.3. The highest BCUT2D eigenvalue weighted by molar-refractivity contribution is 7.13. The zero-order chi connectivity index (χ0) is 21.1. The second-order valence-corrected chi connectivity index (χ2v) is 7.89. The second kappa shape index (κ2) is 8.75. The van der Waals surface area contributed by atoms with Gasteiger partial charge in [0.05, 0.1) is 27.4 Å². The fraction of sp³-hybridized carbons (Fsp3) is 0.304. The third-order valence-electron chi connectivity index (χ3n) is 5.37. The molecule has 4 rings (SSSR count). The Morgan fingerprint density at radius 3 is 2.47 bits per heavy atom. The van der Waals surface area contributed by atoms with E-state index in [-0.39, 0.29) is 11.9 Å². The smallest absolute Gasteiger partial charge is 0.273 e. The molecule has 1 amide bonds. The van der Waals surface area contributed by atoms with Crippen LogP contribution in [0, 0.1) is 0 Å². The van der Waals surface area contributed by atoms with Crippen molar-refractivity contribution in [3.05, 3.63) is 59.1 Å². The number of rotatable bonds is 6. The van der Waals surface area contributed by atoms with Gasteiger partial charge in [-0.05, 0) is 55.3 Å². The van der Waals surface area contributed by atoms with Crippen LogP contribution in [-0.2, 0) is 0 Å². The molecule has 7 heteroatoms. The summed E-state index contributed by atoms with van der Waals surface area (Å²) in [5.74, 6) is 2.25. The summed E-state index contributed by atoms with van der Waals surface area (Å²) in [6, 6.07) is 13.3. The number of benzene rings is 2. The Morgan fingerprint density at radius 1 is 1.03 bits per heavy atom. The fourth-order valence-electron chi connectivity index (χ4n) is 3.82. The van der Waals surface area contributed by atoms with Gasteiger partial charge in [0.1, 0.15) is 28.0 Å². The van der Waals surface area contributed by atoms with E-state index in [0.717, 1.165) is 46.2 Å². The molecule has 1 aliphatic rings. The van der Waals surface area contributed by atoms with Crippen LogP contribution < -0.4 is 14.2 Å². The summed E-state index contributed by atoms with van der Waals surface area (Å²) in [6.45, 7) is 0.694. The van der Waals surface area contributed by atoms with E-state index in [2.05, 4.69) is 4.98 Å². The molecule has 0 aliphatic carbocycles. The molecule has 0 saturated carbocycles. The Balaban J connectivity index is 1.59.